The highest BCUT2D eigenvalue weighted by molar-refractivity contribution is 6.36. The first-order valence-electron chi connectivity index (χ1n) is 10.4. The molecule has 0 unspecified atom stereocenters. The first-order chi connectivity index (χ1) is 14.1. The predicted octanol–water partition coefficient (Wildman–Crippen LogP) is 1.84. The van der Waals surface area contributed by atoms with E-state index >= 15 is 0 Å². The van der Waals surface area contributed by atoms with Gasteiger partial charge in [-0.2, -0.15) is 0 Å². The number of hydrogen-bond acceptors (Lipinski definition) is 6. The molecule has 158 valence electrons. The van der Waals surface area contributed by atoms with Gasteiger partial charge in [0, 0.05) is 51.5 Å². The number of nitrogens with zero attached hydrogens (tertiary/aromatic N) is 3. The number of amides is 2. The number of para-hydroxylation sites is 1. The second-order valence-electron chi connectivity index (χ2n) is 7.16. The lowest BCUT2D eigenvalue weighted by atomic mass is 10.0. The van der Waals surface area contributed by atoms with Gasteiger partial charge >= 0.3 is 0 Å². The molecule has 29 heavy (non-hydrogen) atoms. The van der Waals surface area contributed by atoms with E-state index in [2.05, 4.69) is 16.7 Å². The van der Waals surface area contributed by atoms with E-state index in [1.54, 1.807) is 7.11 Å². The van der Waals surface area contributed by atoms with E-state index in [4.69, 9.17) is 9.47 Å². The first-order valence-corrected chi connectivity index (χ1v) is 10.4. The maximum absolute atomic E-state index is 13.3. The van der Waals surface area contributed by atoms with Crippen molar-refractivity contribution in [2.75, 3.05) is 59.6 Å². The molecule has 0 bridgehead atoms. The highest BCUT2D eigenvalue weighted by Crippen LogP contribution is 2.36. The van der Waals surface area contributed by atoms with Crippen LogP contribution in [0.4, 0.5) is 0 Å². The van der Waals surface area contributed by atoms with E-state index in [0.717, 1.165) is 32.7 Å². The number of piperazine rings is 1. The van der Waals surface area contributed by atoms with E-state index < -0.39 is 0 Å². The third kappa shape index (κ3) is 4.46. The average Bonchev–Trinajstić information content (AvgIpc) is 3.01. The number of carbonyl (C=O) groups excluding carboxylic acids is 2. The minimum Gasteiger partial charge on any atom is -0.496 e. The lowest BCUT2D eigenvalue weighted by molar-refractivity contribution is -0.137. The van der Waals surface area contributed by atoms with Crippen LogP contribution in [-0.2, 0) is 14.3 Å². The van der Waals surface area contributed by atoms with Gasteiger partial charge in [0.1, 0.15) is 11.4 Å². The molecule has 0 aliphatic carbocycles. The van der Waals surface area contributed by atoms with Crippen LogP contribution in [0.3, 0.4) is 0 Å². The molecule has 1 saturated heterocycles. The Morgan fingerprint density at radius 1 is 1.00 bits per heavy atom. The van der Waals surface area contributed by atoms with Gasteiger partial charge in [-0.05, 0) is 26.0 Å². The molecular formula is C22H31N3O4. The molecule has 0 saturated carbocycles. The quantitative estimate of drug-likeness (QED) is 0.465. The van der Waals surface area contributed by atoms with Crippen molar-refractivity contribution < 1.29 is 19.1 Å². The summed E-state index contributed by atoms with van der Waals surface area (Å²) >= 11 is 0. The number of hydrogen-bond donors (Lipinski definition) is 0. The van der Waals surface area contributed by atoms with E-state index in [9.17, 15) is 9.59 Å². The number of methoxy groups -OCH3 is 1. The largest absolute Gasteiger partial charge is 0.496 e. The van der Waals surface area contributed by atoms with Gasteiger partial charge in [-0.15, -0.1) is 0 Å². The summed E-state index contributed by atoms with van der Waals surface area (Å²) in [6.07, 6.45) is 0.626. The molecule has 0 radical (unpaired) electrons. The zero-order chi connectivity index (χ0) is 20.8. The third-order valence-electron chi connectivity index (χ3n) is 5.53. The van der Waals surface area contributed by atoms with Gasteiger partial charge in [-0.3, -0.25) is 14.5 Å². The molecule has 7 nitrogen and oxygen atoms in total. The van der Waals surface area contributed by atoms with Crippen molar-refractivity contribution in [3.63, 3.8) is 0 Å². The Labute approximate surface area is 172 Å². The van der Waals surface area contributed by atoms with Crippen LogP contribution in [0.15, 0.2) is 30.0 Å². The van der Waals surface area contributed by atoms with Gasteiger partial charge in [-0.25, -0.2) is 0 Å². The molecule has 0 N–H and O–H groups in total. The Morgan fingerprint density at radius 3 is 2.38 bits per heavy atom. The molecular weight excluding hydrogens is 370 g/mol. The average molecular weight is 402 g/mol. The summed E-state index contributed by atoms with van der Waals surface area (Å²) in [7, 11) is 1.58. The number of imide groups is 1. The van der Waals surface area contributed by atoms with Crippen LogP contribution in [0.25, 0.3) is 5.57 Å². The smallest absolute Gasteiger partial charge is 0.277 e. The van der Waals surface area contributed by atoms with E-state index in [1.165, 1.54) is 4.90 Å². The van der Waals surface area contributed by atoms with Gasteiger partial charge in [0.25, 0.3) is 11.8 Å². The molecule has 3 rings (SSSR count). The maximum Gasteiger partial charge on any atom is 0.277 e. The second kappa shape index (κ2) is 9.89. The SMILES string of the molecule is CCOCCCN1C(=O)C(c2ccccc2OC)=C(N2CCN(CC)CC2)C1=O. The van der Waals surface area contributed by atoms with Gasteiger partial charge in [0.2, 0.25) is 0 Å². The second-order valence-corrected chi connectivity index (χ2v) is 7.16. The molecule has 0 spiro atoms. The molecule has 1 aromatic carbocycles. The third-order valence-corrected chi connectivity index (χ3v) is 5.53. The van der Waals surface area contributed by atoms with Gasteiger partial charge in [0.05, 0.1) is 12.7 Å². The van der Waals surface area contributed by atoms with Crippen molar-refractivity contribution in [1.82, 2.24) is 14.7 Å². The van der Waals surface area contributed by atoms with Gasteiger partial charge in [0.15, 0.2) is 0 Å². The Balaban J connectivity index is 1.94. The Kier molecular flexibility index (Phi) is 7.28. The summed E-state index contributed by atoms with van der Waals surface area (Å²) in [6.45, 7) is 9.79. The highest BCUT2D eigenvalue weighted by atomic mass is 16.5. The summed E-state index contributed by atoms with van der Waals surface area (Å²) in [6, 6.07) is 7.41. The van der Waals surface area contributed by atoms with Crippen LogP contribution in [0.2, 0.25) is 0 Å². The Hall–Kier alpha value is -2.38. The van der Waals surface area contributed by atoms with Crippen molar-refractivity contribution in [1.29, 1.82) is 0 Å². The summed E-state index contributed by atoms with van der Waals surface area (Å²) in [5.41, 5.74) is 1.63. The van der Waals surface area contributed by atoms with Crippen molar-refractivity contribution >= 4 is 17.4 Å². The fraction of sp³-hybridized carbons (Fsp3) is 0.545. The molecule has 1 fully saturated rings. The zero-order valence-electron chi connectivity index (χ0n) is 17.6. The summed E-state index contributed by atoms with van der Waals surface area (Å²) in [5, 5.41) is 0. The van der Waals surface area contributed by atoms with E-state index in [1.807, 2.05) is 31.2 Å². The Bertz CT molecular complexity index is 769. The van der Waals surface area contributed by atoms with Crippen LogP contribution in [0.1, 0.15) is 25.8 Å². The van der Waals surface area contributed by atoms with E-state index in [0.29, 0.717) is 48.8 Å². The van der Waals surface area contributed by atoms with Crippen molar-refractivity contribution in [2.45, 2.75) is 20.3 Å². The normalized spacial score (nSPS) is 18.2. The molecule has 2 aliphatic rings. The molecule has 0 aromatic heterocycles. The number of carbonyl (C=O) groups is 2. The lowest BCUT2D eigenvalue weighted by Crippen LogP contribution is -2.47. The van der Waals surface area contributed by atoms with Crippen LogP contribution in [0, 0.1) is 0 Å². The van der Waals surface area contributed by atoms with E-state index in [-0.39, 0.29) is 11.8 Å². The van der Waals surface area contributed by atoms with Crippen molar-refractivity contribution in [3.8, 4) is 5.75 Å². The summed E-state index contributed by atoms with van der Waals surface area (Å²) in [4.78, 5) is 32.4. The summed E-state index contributed by atoms with van der Waals surface area (Å²) in [5.74, 6) is 0.144. The number of benzene rings is 1. The fourth-order valence-corrected chi connectivity index (χ4v) is 3.91. The monoisotopic (exact) mass is 401 g/mol. The molecule has 2 aliphatic heterocycles. The maximum atomic E-state index is 13.3. The van der Waals surface area contributed by atoms with Gasteiger partial charge < -0.3 is 19.3 Å². The van der Waals surface area contributed by atoms with Crippen molar-refractivity contribution in [2.24, 2.45) is 0 Å². The standard InChI is InChI=1S/C22H31N3O4/c1-4-23-12-14-24(15-13-23)20-19(17-9-6-7-10-18(17)28-3)21(26)25(22(20)27)11-8-16-29-5-2/h6-7,9-10H,4-5,8,11-16H2,1-3H3. The molecule has 2 amide bonds. The molecule has 1 aromatic rings. The highest BCUT2D eigenvalue weighted by Gasteiger charge is 2.42. The predicted molar refractivity (Wildman–Crippen MR) is 111 cm³/mol. The zero-order valence-corrected chi connectivity index (χ0v) is 17.6. The van der Waals surface area contributed by atoms with Crippen molar-refractivity contribution in [3.05, 3.63) is 35.5 Å². The number of rotatable bonds is 9. The topological polar surface area (TPSA) is 62.3 Å². The number of likely N-dealkylation sites (N-methyl/N-ethyl adjacent to an activating group) is 1. The van der Waals surface area contributed by atoms with Crippen LogP contribution in [0.5, 0.6) is 5.75 Å². The number of ether oxygens (including phenoxy) is 2. The summed E-state index contributed by atoms with van der Waals surface area (Å²) < 4.78 is 10.9. The Morgan fingerprint density at radius 2 is 1.72 bits per heavy atom. The van der Waals surface area contributed by atoms with Gasteiger partial charge in [-0.1, -0.05) is 25.1 Å². The molecule has 7 heteroatoms. The molecule has 2 heterocycles. The molecule has 0 atom stereocenters. The fourth-order valence-electron chi connectivity index (χ4n) is 3.91. The minimum absolute atomic E-state index is 0.211. The van der Waals surface area contributed by atoms with Crippen LogP contribution >= 0.6 is 0 Å². The minimum atomic E-state index is -0.246. The van der Waals surface area contributed by atoms with Crippen LogP contribution < -0.4 is 4.74 Å². The van der Waals surface area contributed by atoms with Crippen LogP contribution in [-0.4, -0.2) is 86.1 Å². The lowest BCUT2D eigenvalue weighted by Gasteiger charge is -2.36. The first kappa shape index (κ1) is 21.3.